The van der Waals surface area contributed by atoms with Crippen molar-refractivity contribution in [3.05, 3.63) is 0 Å². The van der Waals surface area contributed by atoms with Crippen LogP contribution in [0.4, 0.5) is 0 Å². The summed E-state index contributed by atoms with van der Waals surface area (Å²) in [6, 6.07) is 0.563. The van der Waals surface area contributed by atoms with Crippen LogP contribution in [0.25, 0.3) is 0 Å². The smallest absolute Gasteiger partial charge is 0.133 e. The Balaban J connectivity index is 2.26. The maximum absolute atomic E-state index is 10.7. The van der Waals surface area contributed by atoms with Gasteiger partial charge < -0.3 is 0 Å². The minimum atomic E-state index is 0.423. The van der Waals surface area contributed by atoms with Crippen LogP contribution < -0.4 is 5.09 Å². The highest BCUT2D eigenvalue weighted by Crippen LogP contribution is 2.14. The molecule has 0 bridgehead atoms. The molecule has 1 saturated carbocycles. The average Bonchev–Trinajstić information content (AvgIpc) is 1.90. The zero-order chi connectivity index (χ0) is 6.69. The third-order valence-electron chi connectivity index (χ3n) is 1.78. The number of ketones is 1. The normalized spacial score (nSPS) is 22.6. The van der Waals surface area contributed by atoms with Crippen molar-refractivity contribution in [1.82, 2.24) is 5.09 Å². The van der Waals surface area contributed by atoms with E-state index in [1.54, 1.807) is 0 Å². The first-order valence-corrected chi connectivity index (χ1v) is 3.88. The fourth-order valence-electron chi connectivity index (χ4n) is 1.11. The van der Waals surface area contributed by atoms with Crippen molar-refractivity contribution >= 4 is 15.2 Å². The Morgan fingerprint density at radius 3 is 2.44 bits per heavy atom. The molecule has 1 atom stereocenters. The van der Waals surface area contributed by atoms with Crippen LogP contribution >= 0.6 is 9.39 Å². The Labute approximate surface area is 57.7 Å². The molecule has 0 aromatic heterocycles. The minimum absolute atomic E-state index is 0.423. The molecule has 1 N–H and O–H groups in total. The molecule has 1 aliphatic rings. The third kappa shape index (κ3) is 2.04. The highest BCUT2D eigenvalue weighted by Gasteiger charge is 2.16. The van der Waals surface area contributed by atoms with E-state index in [0.29, 0.717) is 11.8 Å². The van der Waals surface area contributed by atoms with Crippen LogP contribution in [0.1, 0.15) is 25.7 Å². The van der Waals surface area contributed by atoms with Gasteiger partial charge in [-0.15, -0.1) is 0 Å². The summed E-state index contributed by atoms with van der Waals surface area (Å²) in [5.41, 5.74) is 0. The van der Waals surface area contributed by atoms with E-state index in [4.69, 9.17) is 0 Å². The summed E-state index contributed by atoms with van der Waals surface area (Å²) >= 11 is 0. The maximum atomic E-state index is 10.7. The lowest BCUT2D eigenvalue weighted by molar-refractivity contribution is -0.120. The average molecular weight is 145 g/mol. The van der Waals surface area contributed by atoms with Gasteiger partial charge in [-0.3, -0.25) is 9.88 Å². The number of hydrogen-bond acceptors (Lipinski definition) is 2. The first-order valence-electron chi connectivity index (χ1n) is 3.31. The van der Waals surface area contributed by atoms with Crippen molar-refractivity contribution in [2.24, 2.45) is 0 Å². The Morgan fingerprint density at radius 2 is 2.00 bits per heavy atom. The summed E-state index contributed by atoms with van der Waals surface area (Å²) in [6.45, 7) is 0. The largest absolute Gasteiger partial charge is 0.300 e. The van der Waals surface area contributed by atoms with Crippen molar-refractivity contribution in [2.45, 2.75) is 31.7 Å². The molecule has 1 rings (SSSR count). The van der Waals surface area contributed by atoms with Gasteiger partial charge in [0.05, 0.1) is 0 Å². The molecule has 2 nitrogen and oxygen atoms in total. The Hall–Kier alpha value is 0.0600. The second-order valence-electron chi connectivity index (χ2n) is 2.48. The highest BCUT2D eigenvalue weighted by molar-refractivity contribution is 7.13. The molecule has 0 aromatic carbocycles. The molecule has 3 heteroatoms. The summed E-state index contributed by atoms with van der Waals surface area (Å²) in [7, 11) is 2.50. The maximum Gasteiger partial charge on any atom is 0.133 e. The van der Waals surface area contributed by atoms with Crippen LogP contribution in [-0.2, 0) is 4.79 Å². The van der Waals surface area contributed by atoms with Crippen LogP contribution in [0.2, 0.25) is 0 Å². The third-order valence-corrected chi connectivity index (χ3v) is 2.25. The summed E-state index contributed by atoms with van der Waals surface area (Å²) in [5, 5.41) is 3.09. The number of carbonyl (C=O) groups excluding carboxylic acids is 1. The number of hydrogen-bond donors (Lipinski definition) is 1. The van der Waals surface area contributed by atoms with E-state index < -0.39 is 0 Å². The van der Waals surface area contributed by atoms with Gasteiger partial charge in [0.25, 0.3) is 0 Å². The topological polar surface area (TPSA) is 29.1 Å². The molecule has 52 valence electrons. The number of carbonyl (C=O) groups is 1. The standard InChI is InChI=1S/C6H12NOP/c8-6-3-1-5(7-9)2-4-6/h5,7H,1-4,9H2. The fraction of sp³-hybridized carbons (Fsp3) is 0.833. The van der Waals surface area contributed by atoms with E-state index in [-0.39, 0.29) is 0 Å². The predicted octanol–water partition coefficient (Wildman–Crippen LogP) is 0.878. The molecule has 1 unspecified atom stereocenters. The number of nitrogens with one attached hydrogen (secondary N) is 1. The zero-order valence-corrected chi connectivity index (χ0v) is 6.55. The van der Waals surface area contributed by atoms with Crippen LogP contribution in [-0.4, -0.2) is 11.8 Å². The monoisotopic (exact) mass is 145 g/mol. The first-order chi connectivity index (χ1) is 4.33. The Morgan fingerprint density at radius 1 is 1.44 bits per heavy atom. The quantitative estimate of drug-likeness (QED) is 0.555. The van der Waals surface area contributed by atoms with Gasteiger partial charge in [-0.1, -0.05) is 9.39 Å². The second-order valence-corrected chi connectivity index (χ2v) is 2.81. The number of rotatable bonds is 1. The van der Waals surface area contributed by atoms with Crippen molar-refractivity contribution in [3.63, 3.8) is 0 Å². The zero-order valence-electron chi connectivity index (χ0n) is 5.39. The molecular formula is C6H12NOP. The van der Waals surface area contributed by atoms with E-state index in [1.165, 1.54) is 0 Å². The van der Waals surface area contributed by atoms with E-state index in [9.17, 15) is 4.79 Å². The van der Waals surface area contributed by atoms with Gasteiger partial charge >= 0.3 is 0 Å². The summed E-state index contributed by atoms with van der Waals surface area (Å²) < 4.78 is 0. The van der Waals surface area contributed by atoms with Gasteiger partial charge in [-0.2, -0.15) is 0 Å². The highest BCUT2D eigenvalue weighted by atomic mass is 31.0. The lowest BCUT2D eigenvalue weighted by atomic mass is 9.95. The Bertz CT molecular complexity index is 106. The molecule has 0 heterocycles. The lowest BCUT2D eigenvalue weighted by Crippen LogP contribution is -2.26. The van der Waals surface area contributed by atoms with E-state index in [1.807, 2.05) is 0 Å². The molecule has 1 aliphatic carbocycles. The molecule has 1 fully saturated rings. The lowest BCUT2D eigenvalue weighted by Gasteiger charge is -2.19. The van der Waals surface area contributed by atoms with Gasteiger partial charge in [0.1, 0.15) is 5.78 Å². The molecule has 0 aromatic rings. The molecule has 0 spiro atoms. The van der Waals surface area contributed by atoms with Crippen molar-refractivity contribution in [2.75, 3.05) is 0 Å². The molecule has 0 aliphatic heterocycles. The van der Waals surface area contributed by atoms with E-state index in [0.717, 1.165) is 25.7 Å². The van der Waals surface area contributed by atoms with Crippen LogP contribution in [0.15, 0.2) is 0 Å². The van der Waals surface area contributed by atoms with Crippen LogP contribution in [0, 0.1) is 0 Å². The first kappa shape index (κ1) is 7.17. The fourth-order valence-corrected chi connectivity index (χ4v) is 1.44. The summed E-state index contributed by atoms with van der Waals surface area (Å²) in [5.74, 6) is 0.423. The van der Waals surface area contributed by atoms with Crippen molar-refractivity contribution < 1.29 is 4.79 Å². The van der Waals surface area contributed by atoms with Gasteiger partial charge in [-0.25, -0.2) is 0 Å². The van der Waals surface area contributed by atoms with E-state index in [2.05, 4.69) is 14.5 Å². The van der Waals surface area contributed by atoms with Gasteiger partial charge in [0.2, 0.25) is 0 Å². The Kier molecular flexibility index (Phi) is 2.62. The van der Waals surface area contributed by atoms with Crippen LogP contribution in [0.5, 0.6) is 0 Å². The predicted molar refractivity (Wildman–Crippen MR) is 40.1 cm³/mol. The van der Waals surface area contributed by atoms with Gasteiger partial charge in [-0.05, 0) is 12.8 Å². The summed E-state index contributed by atoms with van der Waals surface area (Å²) in [6.07, 6.45) is 3.57. The second kappa shape index (κ2) is 3.28. The summed E-state index contributed by atoms with van der Waals surface area (Å²) in [4.78, 5) is 10.7. The van der Waals surface area contributed by atoms with Crippen molar-refractivity contribution in [1.29, 1.82) is 0 Å². The van der Waals surface area contributed by atoms with Crippen LogP contribution in [0.3, 0.4) is 0 Å². The molecule has 0 radical (unpaired) electrons. The molecular weight excluding hydrogens is 133 g/mol. The van der Waals surface area contributed by atoms with Gasteiger partial charge in [0.15, 0.2) is 0 Å². The number of Topliss-reactive ketones (excluding diaryl/α,β-unsaturated/α-hetero) is 1. The van der Waals surface area contributed by atoms with E-state index >= 15 is 0 Å². The SMILES string of the molecule is O=C1CCC(NP)CC1. The molecule has 0 saturated heterocycles. The minimum Gasteiger partial charge on any atom is -0.300 e. The van der Waals surface area contributed by atoms with Gasteiger partial charge in [0, 0.05) is 18.9 Å². The van der Waals surface area contributed by atoms with Crippen molar-refractivity contribution in [3.8, 4) is 0 Å². The molecule has 9 heavy (non-hydrogen) atoms. The molecule has 0 amide bonds.